The number of halogens is 1. The van der Waals surface area contributed by atoms with Crippen LogP contribution in [0.25, 0.3) is 0 Å². The van der Waals surface area contributed by atoms with Gasteiger partial charge in [-0.3, -0.25) is 9.71 Å². The van der Waals surface area contributed by atoms with Crippen molar-refractivity contribution < 1.29 is 17.9 Å². The number of aliphatic hydroxyl groups excluding tert-OH is 1. The van der Waals surface area contributed by atoms with Gasteiger partial charge in [0.05, 0.1) is 6.20 Å². The topological polar surface area (TPSA) is 92.2 Å². The van der Waals surface area contributed by atoms with E-state index in [1.165, 1.54) is 24.7 Å². The number of aromatic nitrogens is 2. The average molecular weight is 307 g/mol. The summed E-state index contributed by atoms with van der Waals surface area (Å²) in [5.41, 5.74) is 0.264. The second-order valence-electron chi connectivity index (χ2n) is 3.80. The minimum absolute atomic E-state index is 0.0129. The molecule has 0 fully saturated rings. The van der Waals surface area contributed by atoms with Crippen LogP contribution in [0.3, 0.4) is 0 Å². The fourth-order valence-corrected chi connectivity index (χ4v) is 2.54. The Hall–Kier alpha value is -2.50. The number of nitrogens with one attached hydrogen (secondary N) is 1. The number of anilines is 1. The number of sulfonamides is 1. The molecule has 0 radical (unpaired) electrons. The molecule has 0 aliphatic carbocycles. The number of hydrogen-bond acceptors (Lipinski definition) is 5. The largest absolute Gasteiger partial charge is 0.384 e. The molecule has 0 saturated carbocycles. The van der Waals surface area contributed by atoms with E-state index in [1.807, 2.05) is 0 Å². The van der Waals surface area contributed by atoms with Crippen LogP contribution < -0.4 is 4.72 Å². The first kappa shape index (κ1) is 14.9. The zero-order chi connectivity index (χ0) is 15.3. The Morgan fingerprint density at radius 3 is 2.76 bits per heavy atom. The van der Waals surface area contributed by atoms with Crippen LogP contribution in [0.5, 0.6) is 0 Å². The second-order valence-corrected chi connectivity index (χ2v) is 5.45. The van der Waals surface area contributed by atoms with Gasteiger partial charge in [-0.25, -0.2) is 17.8 Å². The lowest BCUT2D eigenvalue weighted by atomic mass is 10.2. The molecule has 8 heteroatoms. The Balaban J connectivity index is 2.32. The highest BCUT2D eigenvalue weighted by Crippen LogP contribution is 2.18. The SMILES string of the molecule is O=S(=O)(Nc1cnccn1)c1ccc(C#CCO)cc1F. The van der Waals surface area contributed by atoms with E-state index in [2.05, 4.69) is 26.5 Å². The zero-order valence-electron chi connectivity index (χ0n) is 10.6. The van der Waals surface area contributed by atoms with Crippen molar-refractivity contribution in [3.05, 3.63) is 48.2 Å². The third-order valence-electron chi connectivity index (χ3n) is 2.34. The molecular weight excluding hydrogens is 297 g/mol. The van der Waals surface area contributed by atoms with Gasteiger partial charge in [-0.1, -0.05) is 11.8 Å². The highest BCUT2D eigenvalue weighted by Gasteiger charge is 2.19. The van der Waals surface area contributed by atoms with Crippen LogP contribution in [0.2, 0.25) is 0 Å². The summed E-state index contributed by atoms with van der Waals surface area (Å²) in [7, 11) is -4.11. The molecule has 0 saturated heterocycles. The van der Waals surface area contributed by atoms with Gasteiger partial charge < -0.3 is 5.11 Å². The summed E-state index contributed by atoms with van der Waals surface area (Å²) in [5.74, 6) is 3.87. The zero-order valence-corrected chi connectivity index (χ0v) is 11.4. The molecule has 0 amide bonds. The maximum absolute atomic E-state index is 13.9. The van der Waals surface area contributed by atoms with Gasteiger partial charge in [0.25, 0.3) is 10.0 Å². The summed E-state index contributed by atoms with van der Waals surface area (Å²) < 4.78 is 40.1. The lowest BCUT2D eigenvalue weighted by Crippen LogP contribution is -2.15. The lowest BCUT2D eigenvalue weighted by molar-refractivity contribution is 0.350. The van der Waals surface area contributed by atoms with E-state index in [-0.39, 0.29) is 18.0 Å². The van der Waals surface area contributed by atoms with Crippen LogP contribution in [0, 0.1) is 17.7 Å². The second kappa shape index (κ2) is 6.30. The molecule has 108 valence electrons. The molecule has 2 aromatic rings. The number of nitrogens with zero attached hydrogens (tertiary/aromatic N) is 2. The normalized spacial score (nSPS) is 10.6. The summed E-state index contributed by atoms with van der Waals surface area (Å²) in [5, 5.41) is 8.56. The van der Waals surface area contributed by atoms with Crippen molar-refractivity contribution in [1.82, 2.24) is 9.97 Å². The number of aliphatic hydroxyl groups is 1. The van der Waals surface area contributed by atoms with Gasteiger partial charge in [0.1, 0.15) is 17.3 Å². The molecule has 2 rings (SSSR count). The van der Waals surface area contributed by atoms with Crippen molar-refractivity contribution in [1.29, 1.82) is 0 Å². The van der Waals surface area contributed by atoms with Crippen LogP contribution in [-0.2, 0) is 10.0 Å². The molecule has 0 spiro atoms. The maximum Gasteiger partial charge on any atom is 0.266 e. The first-order chi connectivity index (χ1) is 10.0. The van der Waals surface area contributed by atoms with Crippen molar-refractivity contribution in [2.45, 2.75) is 4.90 Å². The summed E-state index contributed by atoms with van der Waals surface area (Å²) >= 11 is 0. The van der Waals surface area contributed by atoms with Crippen LogP contribution in [0.15, 0.2) is 41.7 Å². The van der Waals surface area contributed by atoms with Gasteiger partial charge in [0.2, 0.25) is 0 Å². The molecule has 0 unspecified atom stereocenters. The molecule has 0 bridgehead atoms. The maximum atomic E-state index is 13.9. The fourth-order valence-electron chi connectivity index (χ4n) is 1.48. The van der Waals surface area contributed by atoms with Crippen molar-refractivity contribution >= 4 is 15.8 Å². The van der Waals surface area contributed by atoms with Crippen molar-refractivity contribution in [2.24, 2.45) is 0 Å². The Kier molecular flexibility index (Phi) is 4.47. The van der Waals surface area contributed by atoms with Gasteiger partial charge >= 0.3 is 0 Å². The predicted octanol–water partition coefficient (Wildman–Crippen LogP) is 0.760. The Bertz CT molecular complexity index is 798. The van der Waals surface area contributed by atoms with Crippen molar-refractivity contribution in [2.75, 3.05) is 11.3 Å². The summed E-state index contributed by atoms with van der Waals surface area (Å²) in [6.45, 7) is -0.365. The highest BCUT2D eigenvalue weighted by molar-refractivity contribution is 7.92. The number of hydrogen-bond donors (Lipinski definition) is 2. The molecule has 2 N–H and O–H groups in total. The summed E-state index contributed by atoms with van der Waals surface area (Å²) in [6.07, 6.45) is 3.89. The molecule has 1 heterocycles. The predicted molar refractivity (Wildman–Crippen MR) is 73.2 cm³/mol. The molecule has 0 atom stereocenters. The van der Waals surface area contributed by atoms with Crippen LogP contribution in [0.4, 0.5) is 10.2 Å². The van der Waals surface area contributed by atoms with E-state index in [0.717, 1.165) is 12.1 Å². The van der Waals surface area contributed by atoms with E-state index < -0.39 is 20.7 Å². The smallest absolute Gasteiger partial charge is 0.266 e. The molecule has 1 aromatic carbocycles. The molecular formula is C13H10FN3O3S. The third-order valence-corrected chi connectivity index (χ3v) is 3.72. The van der Waals surface area contributed by atoms with Gasteiger partial charge in [0.15, 0.2) is 5.82 Å². The van der Waals surface area contributed by atoms with E-state index in [1.54, 1.807) is 0 Å². The van der Waals surface area contributed by atoms with Gasteiger partial charge in [-0.15, -0.1) is 0 Å². The van der Waals surface area contributed by atoms with E-state index in [4.69, 9.17) is 5.11 Å². The van der Waals surface area contributed by atoms with Gasteiger partial charge in [0, 0.05) is 18.0 Å². The minimum Gasteiger partial charge on any atom is -0.384 e. The highest BCUT2D eigenvalue weighted by atomic mass is 32.2. The number of rotatable bonds is 3. The van der Waals surface area contributed by atoms with Crippen LogP contribution >= 0.6 is 0 Å². The summed E-state index contributed by atoms with van der Waals surface area (Å²) in [6, 6.07) is 3.42. The molecule has 21 heavy (non-hydrogen) atoms. The molecule has 0 aliphatic heterocycles. The standard InChI is InChI=1S/C13H10FN3O3S/c14-11-8-10(2-1-7-18)3-4-12(11)21(19,20)17-13-9-15-5-6-16-13/h3-6,8-9,18H,7H2,(H,16,17). The Morgan fingerprint density at radius 1 is 1.33 bits per heavy atom. The molecule has 6 nitrogen and oxygen atoms in total. The summed E-state index contributed by atoms with van der Waals surface area (Å²) in [4.78, 5) is 6.93. The first-order valence-electron chi connectivity index (χ1n) is 5.71. The van der Waals surface area contributed by atoms with E-state index in [9.17, 15) is 12.8 Å². The van der Waals surface area contributed by atoms with Gasteiger partial charge in [-0.05, 0) is 18.2 Å². The third kappa shape index (κ3) is 3.75. The first-order valence-corrected chi connectivity index (χ1v) is 7.19. The average Bonchev–Trinajstić information content (AvgIpc) is 2.45. The molecule has 1 aromatic heterocycles. The van der Waals surface area contributed by atoms with Gasteiger partial charge in [-0.2, -0.15) is 0 Å². The van der Waals surface area contributed by atoms with Crippen molar-refractivity contribution in [3.63, 3.8) is 0 Å². The Morgan fingerprint density at radius 2 is 2.14 bits per heavy atom. The fraction of sp³-hybridized carbons (Fsp3) is 0.0769. The van der Waals surface area contributed by atoms with E-state index >= 15 is 0 Å². The van der Waals surface area contributed by atoms with Crippen LogP contribution in [0.1, 0.15) is 5.56 Å². The number of benzene rings is 1. The molecule has 0 aliphatic rings. The minimum atomic E-state index is -4.11. The van der Waals surface area contributed by atoms with Crippen molar-refractivity contribution in [3.8, 4) is 11.8 Å². The quantitative estimate of drug-likeness (QED) is 0.817. The van der Waals surface area contributed by atoms with Crippen LogP contribution in [-0.4, -0.2) is 30.1 Å². The monoisotopic (exact) mass is 307 g/mol. The Labute approximate surface area is 120 Å². The van der Waals surface area contributed by atoms with E-state index in [0.29, 0.717) is 0 Å². The lowest BCUT2D eigenvalue weighted by Gasteiger charge is -2.07.